The van der Waals surface area contributed by atoms with Crippen LogP contribution in [0, 0.1) is 0 Å². The number of likely N-dealkylation sites (tertiary alicyclic amines) is 1. The van der Waals surface area contributed by atoms with Crippen LogP contribution >= 0.6 is 0 Å². The number of carboxylic acid groups (broad SMARTS) is 1. The zero-order valence-corrected chi connectivity index (χ0v) is 13.1. The van der Waals surface area contributed by atoms with Crippen LogP contribution in [-0.2, 0) is 14.3 Å². The molecule has 1 aromatic rings. The Hall–Kier alpha value is -2.07. The topological polar surface area (TPSA) is 131 Å². The molecular weight excluding hydrogens is 332 g/mol. The lowest BCUT2D eigenvalue weighted by molar-refractivity contribution is -0.777. The lowest BCUT2D eigenvalue weighted by Crippen LogP contribution is -2.63. The van der Waals surface area contributed by atoms with Gasteiger partial charge >= 0.3 is 5.97 Å². The van der Waals surface area contributed by atoms with E-state index in [9.17, 15) is 24.9 Å². The molecule has 2 fully saturated rings. The molecule has 25 heavy (non-hydrogen) atoms. The molecule has 3 unspecified atom stereocenters. The first-order valence-electron chi connectivity index (χ1n) is 9.27. The van der Waals surface area contributed by atoms with Crippen molar-refractivity contribution in [2.45, 2.75) is 49.5 Å². The molecule has 9 heteroatoms. The lowest BCUT2D eigenvalue weighted by Gasteiger charge is -2.35. The molecule has 9 nitrogen and oxygen atoms in total. The molecule has 0 radical (unpaired) electrons. The van der Waals surface area contributed by atoms with Crippen LogP contribution < -0.4 is 4.57 Å². The van der Waals surface area contributed by atoms with Gasteiger partial charge in [-0.25, -0.2) is 4.79 Å². The van der Waals surface area contributed by atoms with E-state index in [0.29, 0.717) is 5.56 Å². The maximum absolute atomic E-state index is 12.0. The summed E-state index contributed by atoms with van der Waals surface area (Å²) in [6.45, 7) is -2.62. The van der Waals surface area contributed by atoms with Gasteiger partial charge in [-0.3, -0.25) is 4.79 Å². The van der Waals surface area contributed by atoms with Gasteiger partial charge in [-0.1, -0.05) is 0 Å². The second-order valence-electron chi connectivity index (χ2n) is 6.16. The number of aliphatic carboxylic acids is 1. The fourth-order valence-electron chi connectivity index (χ4n) is 3.18. The smallest absolute Gasteiger partial charge is 0.335 e. The largest absolute Gasteiger partial charge is 0.479 e. The van der Waals surface area contributed by atoms with Crippen molar-refractivity contribution in [3.8, 4) is 0 Å². The van der Waals surface area contributed by atoms with E-state index < -0.39 is 55.5 Å². The predicted molar refractivity (Wildman–Crippen MR) is 80.9 cm³/mol. The van der Waals surface area contributed by atoms with Crippen LogP contribution in [0.2, 0.25) is 0 Å². The highest BCUT2D eigenvalue weighted by Crippen LogP contribution is 2.31. The molecule has 3 heterocycles. The van der Waals surface area contributed by atoms with E-state index >= 15 is 0 Å². The average molecular weight is 356 g/mol. The van der Waals surface area contributed by atoms with Crippen molar-refractivity contribution in [2.24, 2.45) is 0 Å². The van der Waals surface area contributed by atoms with Gasteiger partial charge in [0.15, 0.2) is 24.6 Å². The Labute approximate surface area is 147 Å². The second kappa shape index (κ2) is 6.68. The molecular formula is C16H21N2O7+. The molecule has 1 aromatic heterocycles. The minimum absolute atomic E-state index is 0.0759. The Morgan fingerprint density at radius 3 is 2.80 bits per heavy atom. The van der Waals surface area contributed by atoms with Gasteiger partial charge in [0.25, 0.3) is 6.23 Å². The molecule has 2 aliphatic heterocycles. The van der Waals surface area contributed by atoms with Crippen molar-refractivity contribution < 1.29 is 43.4 Å². The summed E-state index contributed by atoms with van der Waals surface area (Å²) in [6.07, 6.45) is -5.06. The molecule has 4 N–H and O–H groups in total. The number of carbonyl (C=O) groups excluding carboxylic acids is 1. The highest BCUT2D eigenvalue weighted by atomic mass is 16.6. The van der Waals surface area contributed by atoms with Crippen molar-refractivity contribution in [1.29, 1.82) is 0 Å². The molecule has 1 amide bonds. The molecule has 6 atom stereocenters. The number of aliphatic hydroxyl groups excluding tert-OH is 3. The van der Waals surface area contributed by atoms with E-state index in [2.05, 4.69) is 0 Å². The third-order valence-electron chi connectivity index (χ3n) is 4.57. The normalized spacial score (nSPS) is 38.1. The van der Waals surface area contributed by atoms with Crippen LogP contribution in [0.5, 0.6) is 0 Å². The second-order valence-corrected chi connectivity index (χ2v) is 6.16. The van der Waals surface area contributed by atoms with Gasteiger partial charge in [0.1, 0.15) is 12.2 Å². The summed E-state index contributed by atoms with van der Waals surface area (Å²) in [4.78, 5) is 24.1. The minimum Gasteiger partial charge on any atom is -0.479 e. The first-order chi connectivity index (χ1) is 13.0. The monoisotopic (exact) mass is 356 g/mol. The third-order valence-corrected chi connectivity index (χ3v) is 4.57. The molecule has 2 saturated heterocycles. The van der Waals surface area contributed by atoms with Crippen LogP contribution in [0.25, 0.3) is 0 Å². The number of pyridine rings is 1. The fourth-order valence-corrected chi connectivity index (χ4v) is 3.18. The van der Waals surface area contributed by atoms with Crippen molar-refractivity contribution in [1.82, 2.24) is 4.90 Å². The van der Waals surface area contributed by atoms with Gasteiger partial charge < -0.3 is 30.1 Å². The summed E-state index contributed by atoms with van der Waals surface area (Å²) < 4.78 is 29.3. The Morgan fingerprint density at radius 1 is 1.36 bits per heavy atom. The first kappa shape index (κ1) is 14.1. The molecule has 2 aliphatic rings. The molecule has 0 aromatic carbocycles. The number of ether oxygens (including phenoxy) is 1. The Bertz CT molecular complexity index is 775. The van der Waals surface area contributed by atoms with Crippen LogP contribution in [-0.4, -0.2) is 68.6 Å². The lowest BCUT2D eigenvalue weighted by atomic mass is 9.97. The Kier molecular flexibility index (Phi) is 3.78. The summed E-state index contributed by atoms with van der Waals surface area (Å²) in [7, 11) is 0. The number of aliphatic hydroxyl groups is 3. The fraction of sp³-hybridized carbons (Fsp3) is 0.562. The molecule has 136 valence electrons. The van der Waals surface area contributed by atoms with Gasteiger partial charge in [-0.2, -0.15) is 4.57 Å². The summed E-state index contributed by atoms with van der Waals surface area (Å²) >= 11 is 0. The number of rotatable bonds is 3. The maximum atomic E-state index is 12.0. The van der Waals surface area contributed by atoms with Gasteiger partial charge in [-0.15, -0.1) is 0 Å². The number of aromatic nitrogens is 1. The van der Waals surface area contributed by atoms with Gasteiger partial charge in [0, 0.05) is 29.1 Å². The highest BCUT2D eigenvalue weighted by molar-refractivity contribution is 5.78. The molecule has 0 spiro atoms. The zero-order valence-electron chi connectivity index (χ0n) is 16.1. The van der Waals surface area contributed by atoms with Crippen molar-refractivity contribution >= 4 is 11.9 Å². The standard InChI is InChI=1S/C16H20N2O7/c1-17-9(4-5-10(17)19)8-3-2-6-18(7-8)15-13(22)11(20)12(21)14(25-15)16(23)24/h2-3,6-7,9,11-15,20-22H,4-5H2,1H3/p+1/t9?,11-,12-,13?,14?,15+/m0/s1/i1D3. The van der Waals surface area contributed by atoms with E-state index in [1.807, 2.05) is 0 Å². The first-order valence-corrected chi connectivity index (χ1v) is 7.77. The number of nitrogens with zero attached hydrogens (tertiary/aromatic N) is 2. The van der Waals surface area contributed by atoms with Crippen LogP contribution in [0.1, 0.15) is 34.8 Å². The van der Waals surface area contributed by atoms with Crippen LogP contribution in [0.4, 0.5) is 0 Å². The number of hydrogen-bond donors (Lipinski definition) is 4. The predicted octanol–water partition coefficient (Wildman–Crippen LogP) is -1.67. The van der Waals surface area contributed by atoms with Crippen LogP contribution in [0.3, 0.4) is 0 Å². The third kappa shape index (κ3) is 3.11. The minimum atomic E-state index is -2.62. The summed E-state index contributed by atoms with van der Waals surface area (Å²) in [5.74, 6) is -2.01. The van der Waals surface area contributed by atoms with Gasteiger partial charge in [0.2, 0.25) is 5.91 Å². The van der Waals surface area contributed by atoms with Crippen LogP contribution in [0.15, 0.2) is 24.5 Å². The number of carboxylic acids is 1. The van der Waals surface area contributed by atoms with Gasteiger partial charge in [-0.05, 0) is 12.5 Å². The number of hydrogen-bond acceptors (Lipinski definition) is 6. The van der Waals surface area contributed by atoms with E-state index in [0.717, 1.165) is 4.90 Å². The number of carbonyl (C=O) groups is 2. The van der Waals surface area contributed by atoms with Crippen molar-refractivity contribution in [3.63, 3.8) is 0 Å². The van der Waals surface area contributed by atoms with E-state index in [-0.39, 0.29) is 12.8 Å². The zero-order chi connectivity index (χ0) is 20.8. The van der Waals surface area contributed by atoms with Crippen molar-refractivity contribution in [2.75, 3.05) is 6.98 Å². The quantitative estimate of drug-likeness (QED) is 0.476. The highest BCUT2D eigenvalue weighted by Gasteiger charge is 2.51. The van der Waals surface area contributed by atoms with Gasteiger partial charge in [0.05, 0.1) is 6.04 Å². The van der Waals surface area contributed by atoms with Crippen molar-refractivity contribution in [3.05, 3.63) is 30.1 Å². The molecule has 0 aliphatic carbocycles. The maximum Gasteiger partial charge on any atom is 0.335 e. The van der Waals surface area contributed by atoms with E-state index in [4.69, 9.17) is 14.0 Å². The van der Waals surface area contributed by atoms with E-state index in [1.165, 1.54) is 23.0 Å². The molecule has 0 bridgehead atoms. The Balaban J connectivity index is 1.93. The molecule has 3 rings (SSSR count). The summed E-state index contributed by atoms with van der Waals surface area (Å²) in [5, 5.41) is 39.2. The number of amides is 1. The van der Waals surface area contributed by atoms with E-state index in [1.54, 1.807) is 6.07 Å². The average Bonchev–Trinajstić information content (AvgIpc) is 3.01. The SMILES string of the molecule is [2H]C([2H])([2H])N1C(=O)CCC1c1ccc[n+]([C@@H]2OC(C(=O)O)[C@@H](O)[C@H](O)C2O)c1. The molecule has 0 saturated carbocycles. The summed E-state index contributed by atoms with van der Waals surface area (Å²) in [5.41, 5.74) is 0.452. The summed E-state index contributed by atoms with van der Waals surface area (Å²) in [6, 6.07) is 2.41. The Morgan fingerprint density at radius 2 is 2.12 bits per heavy atom.